The number of carbonyl (C=O) groups excluding carboxylic acids is 1. The van der Waals surface area contributed by atoms with E-state index in [0.717, 1.165) is 35.2 Å². The van der Waals surface area contributed by atoms with Crippen LogP contribution in [-0.2, 0) is 4.74 Å². The third-order valence-electron chi connectivity index (χ3n) is 3.24. The third-order valence-corrected chi connectivity index (χ3v) is 4.20. The quantitative estimate of drug-likeness (QED) is 0.904. The predicted octanol–water partition coefficient (Wildman–Crippen LogP) is 3.20. The molecule has 1 fully saturated rings. The van der Waals surface area contributed by atoms with Gasteiger partial charge in [-0.25, -0.2) is 4.79 Å². The number of benzene rings is 1. The molecule has 1 aliphatic heterocycles. The molecular formula is C14H16N2O2S. The van der Waals surface area contributed by atoms with E-state index in [0.29, 0.717) is 6.54 Å². The highest BCUT2D eigenvalue weighted by atomic mass is 32.1. The van der Waals surface area contributed by atoms with Gasteiger partial charge in [-0.1, -0.05) is 12.1 Å². The molecule has 1 aromatic carbocycles. The summed E-state index contributed by atoms with van der Waals surface area (Å²) in [5.74, 6) is 0. The molecule has 0 saturated carbocycles. The van der Waals surface area contributed by atoms with Crippen LogP contribution < -0.4 is 10.6 Å². The molecule has 0 aliphatic carbocycles. The van der Waals surface area contributed by atoms with Gasteiger partial charge in [-0.05, 0) is 35.7 Å². The van der Waals surface area contributed by atoms with Gasteiger partial charge in [-0.2, -0.15) is 0 Å². The molecule has 3 rings (SSSR count). The summed E-state index contributed by atoms with van der Waals surface area (Å²) in [5.41, 5.74) is 0.859. The molecule has 100 valence electrons. The predicted molar refractivity (Wildman–Crippen MR) is 77.8 cm³/mol. The lowest BCUT2D eigenvalue weighted by Crippen LogP contribution is -2.35. The zero-order chi connectivity index (χ0) is 13.1. The van der Waals surface area contributed by atoms with E-state index >= 15 is 0 Å². The van der Waals surface area contributed by atoms with Gasteiger partial charge in [0.15, 0.2) is 0 Å². The number of hydrogen-bond donors (Lipinski definition) is 2. The van der Waals surface area contributed by atoms with Crippen molar-refractivity contribution in [3.63, 3.8) is 0 Å². The summed E-state index contributed by atoms with van der Waals surface area (Å²) in [6.45, 7) is 1.38. The van der Waals surface area contributed by atoms with Crippen LogP contribution in [0.15, 0.2) is 29.6 Å². The van der Waals surface area contributed by atoms with E-state index in [1.165, 1.54) is 0 Å². The van der Waals surface area contributed by atoms with Gasteiger partial charge in [0.2, 0.25) is 0 Å². The van der Waals surface area contributed by atoms with Gasteiger partial charge < -0.3 is 15.4 Å². The molecule has 5 heteroatoms. The van der Waals surface area contributed by atoms with E-state index in [4.69, 9.17) is 4.74 Å². The van der Waals surface area contributed by atoms with Crippen molar-refractivity contribution in [2.75, 3.05) is 18.5 Å². The van der Waals surface area contributed by atoms with Crippen molar-refractivity contribution in [2.24, 2.45) is 0 Å². The molecule has 2 N–H and O–H groups in total. The van der Waals surface area contributed by atoms with Gasteiger partial charge in [0.05, 0.1) is 16.5 Å². The average Bonchev–Trinajstić information content (AvgIpc) is 3.08. The summed E-state index contributed by atoms with van der Waals surface area (Å²) in [6, 6.07) is 7.79. The lowest BCUT2D eigenvalue weighted by Gasteiger charge is -2.12. The number of amides is 2. The first-order chi connectivity index (χ1) is 9.33. The second kappa shape index (κ2) is 5.59. The molecule has 1 saturated heterocycles. The van der Waals surface area contributed by atoms with Gasteiger partial charge in [-0.15, -0.1) is 11.3 Å². The standard InChI is InChI=1S/C14H16N2O2S/c17-14(15-9-11-4-2-7-18-11)16-12-5-1-3-10-6-8-19-13(10)12/h1,3,5-6,8,11H,2,4,7,9H2,(H2,15,16,17)/t11-/m1/s1. The summed E-state index contributed by atoms with van der Waals surface area (Å²) in [5, 5.41) is 8.94. The van der Waals surface area contributed by atoms with Crippen molar-refractivity contribution in [3.8, 4) is 0 Å². The molecule has 2 heterocycles. The average molecular weight is 276 g/mol. The Labute approximate surface area is 115 Å². The minimum absolute atomic E-state index is 0.170. The number of hydrogen-bond acceptors (Lipinski definition) is 3. The molecule has 4 nitrogen and oxygen atoms in total. The molecule has 0 radical (unpaired) electrons. The molecule has 19 heavy (non-hydrogen) atoms. The van der Waals surface area contributed by atoms with Crippen LogP contribution in [0.4, 0.5) is 10.5 Å². The highest BCUT2D eigenvalue weighted by Gasteiger charge is 2.16. The molecule has 1 aromatic heterocycles. The normalized spacial score (nSPS) is 18.6. The Kier molecular flexibility index (Phi) is 3.66. The molecule has 2 amide bonds. The number of carbonyl (C=O) groups is 1. The van der Waals surface area contributed by atoms with Gasteiger partial charge in [0.25, 0.3) is 0 Å². The van der Waals surface area contributed by atoms with Crippen molar-refractivity contribution in [2.45, 2.75) is 18.9 Å². The van der Waals surface area contributed by atoms with Crippen molar-refractivity contribution in [3.05, 3.63) is 29.6 Å². The maximum atomic E-state index is 11.9. The third kappa shape index (κ3) is 2.88. The van der Waals surface area contributed by atoms with Crippen molar-refractivity contribution in [1.82, 2.24) is 5.32 Å². The number of rotatable bonds is 3. The topological polar surface area (TPSA) is 50.4 Å². The van der Waals surface area contributed by atoms with E-state index < -0.39 is 0 Å². The minimum atomic E-state index is -0.170. The summed E-state index contributed by atoms with van der Waals surface area (Å²) in [4.78, 5) is 11.9. The smallest absolute Gasteiger partial charge is 0.319 e. The van der Waals surface area contributed by atoms with Gasteiger partial charge >= 0.3 is 6.03 Å². The first kappa shape index (κ1) is 12.4. The Hall–Kier alpha value is -1.59. The Balaban J connectivity index is 1.60. The second-order valence-electron chi connectivity index (χ2n) is 4.61. The Bertz CT molecular complexity index is 576. The maximum absolute atomic E-state index is 11.9. The Morgan fingerprint density at radius 3 is 3.21 bits per heavy atom. The van der Waals surface area contributed by atoms with Crippen LogP contribution in [0.5, 0.6) is 0 Å². The fraction of sp³-hybridized carbons (Fsp3) is 0.357. The number of urea groups is 1. The number of anilines is 1. The van der Waals surface area contributed by atoms with Crippen LogP contribution in [0, 0.1) is 0 Å². The summed E-state index contributed by atoms with van der Waals surface area (Å²) in [7, 11) is 0. The number of nitrogens with one attached hydrogen (secondary N) is 2. The largest absolute Gasteiger partial charge is 0.376 e. The van der Waals surface area contributed by atoms with Crippen LogP contribution >= 0.6 is 11.3 Å². The lowest BCUT2D eigenvalue weighted by molar-refractivity contribution is 0.112. The Morgan fingerprint density at radius 2 is 2.37 bits per heavy atom. The van der Waals surface area contributed by atoms with Crippen LogP contribution in [0.3, 0.4) is 0 Å². The van der Waals surface area contributed by atoms with E-state index in [9.17, 15) is 4.79 Å². The second-order valence-corrected chi connectivity index (χ2v) is 5.53. The van der Waals surface area contributed by atoms with Crippen molar-refractivity contribution < 1.29 is 9.53 Å². The number of fused-ring (bicyclic) bond motifs is 1. The first-order valence-corrected chi connectivity index (χ1v) is 7.33. The molecule has 2 aromatic rings. The lowest BCUT2D eigenvalue weighted by atomic mass is 10.2. The van der Waals surface area contributed by atoms with Gasteiger partial charge in [0.1, 0.15) is 0 Å². The molecule has 0 bridgehead atoms. The summed E-state index contributed by atoms with van der Waals surface area (Å²) in [6.07, 6.45) is 2.28. The SMILES string of the molecule is O=C(NC[C@H]1CCCO1)Nc1cccc2ccsc12. The first-order valence-electron chi connectivity index (χ1n) is 6.45. The summed E-state index contributed by atoms with van der Waals surface area (Å²) < 4.78 is 6.58. The van der Waals surface area contributed by atoms with Gasteiger partial charge in [0, 0.05) is 13.2 Å². The van der Waals surface area contributed by atoms with Crippen molar-refractivity contribution >= 4 is 33.1 Å². The van der Waals surface area contributed by atoms with Gasteiger partial charge in [-0.3, -0.25) is 0 Å². The number of ether oxygens (including phenoxy) is 1. The van der Waals surface area contributed by atoms with Crippen LogP contribution in [-0.4, -0.2) is 25.3 Å². The van der Waals surface area contributed by atoms with Crippen LogP contribution in [0.1, 0.15) is 12.8 Å². The van der Waals surface area contributed by atoms with Crippen LogP contribution in [0.25, 0.3) is 10.1 Å². The minimum Gasteiger partial charge on any atom is -0.376 e. The molecule has 0 spiro atoms. The Morgan fingerprint density at radius 1 is 1.42 bits per heavy atom. The monoisotopic (exact) mass is 276 g/mol. The van der Waals surface area contributed by atoms with E-state index in [1.54, 1.807) is 11.3 Å². The zero-order valence-electron chi connectivity index (χ0n) is 10.5. The molecule has 1 atom stereocenters. The van der Waals surface area contributed by atoms with Crippen LogP contribution in [0.2, 0.25) is 0 Å². The fourth-order valence-corrected chi connectivity index (χ4v) is 3.14. The maximum Gasteiger partial charge on any atom is 0.319 e. The zero-order valence-corrected chi connectivity index (χ0v) is 11.3. The fourth-order valence-electron chi connectivity index (χ4n) is 2.27. The highest BCUT2D eigenvalue weighted by Crippen LogP contribution is 2.28. The number of thiophene rings is 1. The molecule has 0 unspecified atom stereocenters. The molecule has 1 aliphatic rings. The van der Waals surface area contributed by atoms with E-state index in [1.807, 2.05) is 23.6 Å². The van der Waals surface area contributed by atoms with Crippen molar-refractivity contribution in [1.29, 1.82) is 0 Å². The van der Waals surface area contributed by atoms with E-state index in [2.05, 4.69) is 16.7 Å². The van der Waals surface area contributed by atoms with E-state index in [-0.39, 0.29) is 12.1 Å². The molecular weight excluding hydrogens is 260 g/mol. The summed E-state index contributed by atoms with van der Waals surface area (Å²) >= 11 is 1.63. The highest BCUT2D eigenvalue weighted by molar-refractivity contribution is 7.17.